The Hall–Kier alpha value is -2.93. The van der Waals surface area contributed by atoms with Crippen molar-refractivity contribution in [2.24, 2.45) is 0 Å². The molecule has 7 nitrogen and oxygen atoms in total. The molecule has 1 saturated carbocycles. The van der Waals surface area contributed by atoms with Gasteiger partial charge in [-0.05, 0) is 38.3 Å². The minimum atomic E-state index is -1.19. The average Bonchev–Trinajstić information content (AvgIpc) is 3.23. The van der Waals surface area contributed by atoms with Gasteiger partial charge < -0.3 is 14.6 Å². The van der Waals surface area contributed by atoms with E-state index in [2.05, 4.69) is 4.98 Å². The number of ketones is 2. The van der Waals surface area contributed by atoms with Crippen molar-refractivity contribution in [3.8, 4) is 0 Å². The largest absolute Gasteiger partial charge is 0.451 e. The lowest BCUT2D eigenvalue weighted by Gasteiger charge is -2.43. The highest BCUT2D eigenvalue weighted by molar-refractivity contribution is 6.31. The van der Waals surface area contributed by atoms with Gasteiger partial charge in [-0.3, -0.25) is 14.4 Å². The molecule has 1 aromatic heterocycles. The molecule has 1 aliphatic carbocycles. The Balaban J connectivity index is 1.79. The number of nitrogens with one attached hydrogen (secondary N) is 1. The van der Waals surface area contributed by atoms with Crippen LogP contribution in [-0.4, -0.2) is 47.0 Å². The van der Waals surface area contributed by atoms with Crippen LogP contribution in [0.1, 0.15) is 59.0 Å². The Morgan fingerprint density at radius 1 is 1.23 bits per heavy atom. The molecular formula is C22H23ClN2O5. The molecule has 1 heterocycles. The van der Waals surface area contributed by atoms with Crippen molar-refractivity contribution in [3.63, 3.8) is 0 Å². The number of H-pyrrole nitrogens is 1. The molecule has 2 aromatic rings. The third-order valence-corrected chi connectivity index (χ3v) is 5.89. The minimum absolute atomic E-state index is 0.0743. The van der Waals surface area contributed by atoms with Crippen LogP contribution in [0.4, 0.5) is 0 Å². The molecule has 0 radical (unpaired) electrons. The number of esters is 1. The SMILES string of the molecule is CC(=O)c1c[nH]c(C(=O)OCC(=O)N(C)C2(c3ccccc3Cl)CCCCC2=O)c1. The average molecular weight is 431 g/mol. The van der Waals surface area contributed by atoms with Gasteiger partial charge in [-0.15, -0.1) is 0 Å². The van der Waals surface area contributed by atoms with Gasteiger partial charge in [0.25, 0.3) is 5.91 Å². The molecule has 1 fully saturated rings. The number of amides is 1. The summed E-state index contributed by atoms with van der Waals surface area (Å²) in [6, 6.07) is 8.36. The highest BCUT2D eigenvalue weighted by atomic mass is 35.5. The first kappa shape index (κ1) is 21.8. The zero-order chi connectivity index (χ0) is 21.9. The highest BCUT2D eigenvalue weighted by Gasteiger charge is 2.48. The molecule has 1 amide bonds. The molecule has 0 bridgehead atoms. The lowest BCUT2D eigenvalue weighted by atomic mass is 9.74. The number of rotatable bonds is 6. The Bertz CT molecular complexity index is 999. The van der Waals surface area contributed by atoms with E-state index in [0.717, 1.165) is 12.8 Å². The maximum atomic E-state index is 13.0. The summed E-state index contributed by atoms with van der Waals surface area (Å²) < 4.78 is 5.12. The van der Waals surface area contributed by atoms with Crippen molar-refractivity contribution in [1.29, 1.82) is 0 Å². The van der Waals surface area contributed by atoms with Crippen LogP contribution in [0.3, 0.4) is 0 Å². The molecule has 3 rings (SSSR count). The van der Waals surface area contributed by atoms with Gasteiger partial charge >= 0.3 is 5.97 Å². The van der Waals surface area contributed by atoms with Crippen molar-refractivity contribution < 1.29 is 23.9 Å². The molecular weight excluding hydrogens is 408 g/mol. The topological polar surface area (TPSA) is 96.5 Å². The predicted molar refractivity (Wildman–Crippen MR) is 110 cm³/mol. The highest BCUT2D eigenvalue weighted by Crippen LogP contribution is 2.42. The Labute approximate surface area is 179 Å². The third kappa shape index (κ3) is 4.03. The standard InChI is InChI=1S/C22H23ClN2O5/c1-14(26)15-11-18(24-12-15)21(29)30-13-20(28)25(2)22(10-6-5-9-19(22)27)16-7-3-4-8-17(16)23/h3-4,7-8,11-12,24H,5-6,9-10,13H2,1-2H3. The number of Topliss-reactive ketones (excluding diaryl/α,β-unsaturated/α-hetero) is 2. The molecule has 1 unspecified atom stereocenters. The number of likely N-dealkylation sites (N-methyl/N-ethyl adjacent to an activating group) is 1. The number of hydrogen-bond donors (Lipinski definition) is 1. The van der Waals surface area contributed by atoms with E-state index >= 15 is 0 Å². The Morgan fingerprint density at radius 3 is 2.60 bits per heavy atom. The van der Waals surface area contributed by atoms with Crippen LogP contribution in [-0.2, 0) is 19.9 Å². The molecule has 158 valence electrons. The van der Waals surface area contributed by atoms with Gasteiger partial charge in [-0.2, -0.15) is 0 Å². The zero-order valence-corrected chi connectivity index (χ0v) is 17.6. The van der Waals surface area contributed by atoms with Gasteiger partial charge in [0.1, 0.15) is 11.2 Å². The second-order valence-electron chi connectivity index (χ2n) is 7.36. The molecule has 30 heavy (non-hydrogen) atoms. The molecule has 1 aromatic carbocycles. The lowest BCUT2D eigenvalue weighted by molar-refractivity contribution is -0.150. The van der Waals surface area contributed by atoms with E-state index < -0.39 is 24.0 Å². The number of carbonyl (C=O) groups excluding carboxylic acids is 4. The van der Waals surface area contributed by atoms with Gasteiger partial charge in [0.15, 0.2) is 18.2 Å². The normalized spacial score (nSPS) is 18.7. The fourth-order valence-corrected chi connectivity index (χ4v) is 4.15. The lowest BCUT2D eigenvalue weighted by Crippen LogP contribution is -2.55. The van der Waals surface area contributed by atoms with Gasteiger partial charge in [0.05, 0.1) is 0 Å². The van der Waals surface area contributed by atoms with Crippen LogP contribution in [0.5, 0.6) is 0 Å². The van der Waals surface area contributed by atoms with Crippen LogP contribution < -0.4 is 0 Å². The number of ether oxygens (including phenoxy) is 1. The number of aromatic amines is 1. The molecule has 1 atom stereocenters. The van der Waals surface area contributed by atoms with Gasteiger partial charge in [0, 0.05) is 35.8 Å². The number of halogens is 1. The van der Waals surface area contributed by atoms with E-state index in [0.29, 0.717) is 29.0 Å². The molecule has 0 spiro atoms. The summed E-state index contributed by atoms with van der Waals surface area (Å²) in [5, 5.41) is 0.410. The fraction of sp³-hybridized carbons (Fsp3) is 0.364. The van der Waals surface area contributed by atoms with Crippen LogP contribution in [0, 0.1) is 0 Å². The van der Waals surface area contributed by atoms with Gasteiger partial charge in [0.2, 0.25) is 0 Å². The van der Waals surface area contributed by atoms with Crippen LogP contribution >= 0.6 is 11.6 Å². The second kappa shape index (κ2) is 8.83. The van der Waals surface area contributed by atoms with Crippen LogP contribution in [0.2, 0.25) is 5.02 Å². The summed E-state index contributed by atoms with van der Waals surface area (Å²) in [6.45, 7) is 0.843. The molecule has 0 aliphatic heterocycles. The molecule has 8 heteroatoms. The Kier molecular flexibility index (Phi) is 6.41. The van der Waals surface area contributed by atoms with Crippen molar-refractivity contribution in [2.75, 3.05) is 13.7 Å². The second-order valence-corrected chi connectivity index (χ2v) is 7.76. The number of benzene rings is 1. The summed E-state index contributed by atoms with van der Waals surface area (Å²) in [6.07, 6.45) is 3.72. The van der Waals surface area contributed by atoms with Crippen molar-refractivity contribution in [1.82, 2.24) is 9.88 Å². The zero-order valence-electron chi connectivity index (χ0n) is 16.9. The first-order valence-electron chi connectivity index (χ1n) is 9.69. The monoisotopic (exact) mass is 430 g/mol. The fourth-order valence-electron chi connectivity index (χ4n) is 3.86. The predicted octanol–water partition coefficient (Wildman–Crippen LogP) is 3.52. The summed E-state index contributed by atoms with van der Waals surface area (Å²) in [5.74, 6) is -1.55. The number of aromatic nitrogens is 1. The minimum Gasteiger partial charge on any atom is -0.451 e. The van der Waals surface area contributed by atoms with Crippen molar-refractivity contribution >= 4 is 35.0 Å². The van der Waals surface area contributed by atoms with Crippen LogP contribution in [0.25, 0.3) is 0 Å². The van der Waals surface area contributed by atoms with E-state index in [9.17, 15) is 19.2 Å². The number of hydrogen-bond acceptors (Lipinski definition) is 5. The van der Waals surface area contributed by atoms with E-state index in [1.807, 2.05) is 0 Å². The van der Waals surface area contributed by atoms with Crippen molar-refractivity contribution in [2.45, 2.75) is 38.1 Å². The molecule has 0 saturated heterocycles. The van der Waals surface area contributed by atoms with E-state index in [1.54, 1.807) is 24.3 Å². The quantitative estimate of drug-likeness (QED) is 0.558. The first-order valence-corrected chi connectivity index (χ1v) is 10.1. The summed E-state index contributed by atoms with van der Waals surface area (Å²) in [7, 11) is 1.53. The molecule has 1 N–H and O–H groups in total. The van der Waals surface area contributed by atoms with E-state index in [4.69, 9.17) is 16.3 Å². The first-order chi connectivity index (χ1) is 14.3. The van der Waals surface area contributed by atoms with Crippen LogP contribution in [0.15, 0.2) is 36.5 Å². The van der Waals surface area contributed by atoms with E-state index in [-0.39, 0.29) is 17.3 Å². The number of nitrogens with zero attached hydrogens (tertiary/aromatic N) is 1. The smallest absolute Gasteiger partial charge is 0.355 e. The van der Waals surface area contributed by atoms with Gasteiger partial charge in [-0.1, -0.05) is 29.8 Å². The third-order valence-electron chi connectivity index (χ3n) is 5.56. The summed E-state index contributed by atoms with van der Waals surface area (Å²) in [4.78, 5) is 53.6. The summed E-state index contributed by atoms with van der Waals surface area (Å²) >= 11 is 6.39. The maximum Gasteiger partial charge on any atom is 0.355 e. The maximum absolute atomic E-state index is 13.0. The summed E-state index contributed by atoms with van der Waals surface area (Å²) in [5.41, 5.74) is -0.191. The van der Waals surface area contributed by atoms with Crippen molar-refractivity contribution in [3.05, 3.63) is 58.4 Å². The number of carbonyl (C=O) groups is 4. The van der Waals surface area contributed by atoms with E-state index in [1.165, 1.54) is 31.1 Å². The Morgan fingerprint density at radius 2 is 1.97 bits per heavy atom. The van der Waals surface area contributed by atoms with Gasteiger partial charge in [-0.25, -0.2) is 4.79 Å². The molecule has 1 aliphatic rings.